The van der Waals surface area contributed by atoms with Crippen LogP contribution < -0.4 is 10.2 Å². The molecule has 0 atom stereocenters. The highest BCUT2D eigenvalue weighted by molar-refractivity contribution is 5.86. The minimum absolute atomic E-state index is 0.672. The van der Waals surface area contributed by atoms with Crippen molar-refractivity contribution in [3.05, 3.63) is 66.5 Å². The van der Waals surface area contributed by atoms with E-state index in [9.17, 15) is 0 Å². The first-order valence-electron chi connectivity index (χ1n) is 12.1. The van der Waals surface area contributed by atoms with Crippen molar-refractivity contribution in [2.24, 2.45) is 14.1 Å². The van der Waals surface area contributed by atoms with Crippen LogP contribution >= 0.6 is 0 Å². The molecular weight excluding hydrogens is 452 g/mol. The highest BCUT2D eigenvalue weighted by Crippen LogP contribution is 2.29. The van der Waals surface area contributed by atoms with Crippen molar-refractivity contribution in [3.8, 4) is 22.5 Å². The van der Waals surface area contributed by atoms with E-state index in [0.717, 1.165) is 63.7 Å². The Hall–Kier alpha value is -4.24. The summed E-state index contributed by atoms with van der Waals surface area (Å²) < 4.78 is 9.27. The summed E-state index contributed by atoms with van der Waals surface area (Å²) in [5, 5.41) is 13.7. The first-order chi connectivity index (χ1) is 17.5. The first kappa shape index (κ1) is 22.2. The van der Waals surface area contributed by atoms with Crippen molar-refractivity contribution in [1.82, 2.24) is 29.5 Å². The van der Waals surface area contributed by atoms with Crippen LogP contribution in [-0.2, 0) is 18.8 Å². The zero-order valence-electron chi connectivity index (χ0n) is 20.6. The van der Waals surface area contributed by atoms with Crippen molar-refractivity contribution in [1.29, 1.82) is 0 Å². The van der Waals surface area contributed by atoms with Gasteiger partial charge in [-0.1, -0.05) is 24.3 Å². The van der Waals surface area contributed by atoms with Crippen molar-refractivity contribution in [3.63, 3.8) is 0 Å². The molecule has 1 aliphatic rings. The molecule has 0 unspecified atom stereocenters. The molecule has 2 aromatic carbocycles. The predicted molar refractivity (Wildman–Crippen MR) is 141 cm³/mol. The van der Waals surface area contributed by atoms with Crippen LogP contribution in [0.2, 0.25) is 0 Å². The summed E-state index contributed by atoms with van der Waals surface area (Å²) in [6, 6.07) is 18.6. The lowest BCUT2D eigenvalue weighted by Gasteiger charge is -2.27. The number of morpholine rings is 1. The molecule has 182 valence electrons. The summed E-state index contributed by atoms with van der Waals surface area (Å²) in [6.45, 7) is 4.91. The summed E-state index contributed by atoms with van der Waals surface area (Å²) >= 11 is 0. The SMILES string of the molecule is Cc1nn(C)c2cc(-c3cc(Nc4ccc(-c5ccn(C)n5)cc4)nc(N4CCOCC4)n3)ccc12. The normalized spacial score (nSPS) is 13.9. The molecule has 5 aromatic rings. The van der Waals surface area contributed by atoms with Gasteiger partial charge in [-0.05, 0) is 31.2 Å². The number of hydrogen-bond acceptors (Lipinski definition) is 7. The quantitative estimate of drug-likeness (QED) is 0.401. The fourth-order valence-electron chi connectivity index (χ4n) is 4.59. The van der Waals surface area contributed by atoms with E-state index >= 15 is 0 Å². The molecule has 0 amide bonds. The number of aryl methyl sites for hydroxylation is 3. The summed E-state index contributed by atoms with van der Waals surface area (Å²) in [5.74, 6) is 1.44. The van der Waals surface area contributed by atoms with Gasteiger partial charge in [-0.2, -0.15) is 15.2 Å². The fourth-order valence-corrected chi connectivity index (χ4v) is 4.59. The largest absolute Gasteiger partial charge is 0.378 e. The van der Waals surface area contributed by atoms with Crippen LogP contribution in [0.3, 0.4) is 0 Å². The third kappa shape index (κ3) is 4.29. The number of benzene rings is 2. The molecule has 0 bridgehead atoms. The number of ether oxygens (including phenoxy) is 1. The highest BCUT2D eigenvalue weighted by atomic mass is 16.5. The molecule has 1 aliphatic heterocycles. The van der Waals surface area contributed by atoms with Gasteiger partial charge in [0.05, 0.1) is 35.8 Å². The number of hydrogen-bond donors (Lipinski definition) is 1. The zero-order chi connectivity index (χ0) is 24.6. The Balaban J connectivity index is 1.36. The van der Waals surface area contributed by atoms with Crippen LogP contribution in [0.15, 0.2) is 60.8 Å². The van der Waals surface area contributed by atoms with E-state index in [-0.39, 0.29) is 0 Å². The van der Waals surface area contributed by atoms with Gasteiger partial charge in [0.15, 0.2) is 0 Å². The lowest BCUT2D eigenvalue weighted by atomic mass is 10.1. The molecule has 4 heterocycles. The molecule has 0 spiro atoms. The number of rotatable bonds is 5. The Morgan fingerprint density at radius 2 is 1.61 bits per heavy atom. The Labute approximate surface area is 209 Å². The number of anilines is 3. The standard InChI is InChI=1S/C27H28N8O/c1-18-22-9-6-20(16-25(22)34(3)31-18)24-17-26(30-27(29-24)35-12-14-36-15-13-35)28-21-7-4-19(5-8-21)23-10-11-33(2)32-23/h4-11,16-17H,12-15H2,1-3H3,(H,28,29,30). The van der Waals surface area contributed by atoms with Gasteiger partial charge >= 0.3 is 0 Å². The third-order valence-corrected chi connectivity index (χ3v) is 6.51. The van der Waals surface area contributed by atoms with Gasteiger partial charge in [0, 0.05) is 61.6 Å². The highest BCUT2D eigenvalue weighted by Gasteiger charge is 2.17. The summed E-state index contributed by atoms with van der Waals surface area (Å²) in [6.07, 6.45) is 1.95. The molecule has 1 saturated heterocycles. The molecule has 1 N–H and O–H groups in total. The number of aromatic nitrogens is 6. The van der Waals surface area contributed by atoms with E-state index in [1.165, 1.54) is 0 Å². The number of fused-ring (bicyclic) bond motifs is 1. The van der Waals surface area contributed by atoms with E-state index in [1.807, 2.05) is 56.2 Å². The van der Waals surface area contributed by atoms with E-state index in [4.69, 9.17) is 14.7 Å². The maximum absolute atomic E-state index is 5.55. The van der Waals surface area contributed by atoms with Gasteiger partial charge in [0.2, 0.25) is 5.95 Å². The monoisotopic (exact) mass is 480 g/mol. The van der Waals surface area contributed by atoms with Crippen LogP contribution in [0.25, 0.3) is 33.4 Å². The fraction of sp³-hybridized carbons (Fsp3) is 0.259. The molecule has 36 heavy (non-hydrogen) atoms. The smallest absolute Gasteiger partial charge is 0.228 e. The second kappa shape index (κ2) is 9.09. The van der Waals surface area contributed by atoms with Crippen molar-refractivity contribution >= 4 is 28.4 Å². The Bertz CT molecular complexity index is 1530. The summed E-state index contributed by atoms with van der Waals surface area (Å²) in [7, 11) is 3.89. The Kier molecular flexibility index (Phi) is 5.61. The van der Waals surface area contributed by atoms with E-state index in [1.54, 1.807) is 4.68 Å². The van der Waals surface area contributed by atoms with Crippen LogP contribution in [0.5, 0.6) is 0 Å². The predicted octanol–water partition coefficient (Wildman–Crippen LogP) is 4.32. The molecule has 1 fully saturated rings. The molecule has 0 saturated carbocycles. The van der Waals surface area contributed by atoms with Crippen LogP contribution in [0.4, 0.5) is 17.5 Å². The van der Waals surface area contributed by atoms with E-state index in [0.29, 0.717) is 19.2 Å². The maximum atomic E-state index is 5.55. The number of nitrogens with zero attached hydrogens (tertiary/aromatic N) is 7. The second-order valence-electron chi connectivity index (χ2n) is 9.06. The molecule has 9 nitrogen and oxygen atoms in total. The number of nitrogens with one attached hydrogen (secondary N) is 1. The first-order valence-corrected chi connectivity index (χ1v) is 12.1. The molecule has 6 rings (SSSR count). The molecule has 0 aliphatic carbocycles. The van der Waals surface area contributed by atoms with Crippen LogP contribution in [-0.4, -0.2) is 55.8 Å². The molecular formula is C27H28N8O. The average Bonchev–Trinajstić information content (AvgIpc) is 3.47. The van der Waals surface area contributed by atoms with Crippen LogP contribution in [0, 0.1) is 6.92 Å². The minimum atomic E-state index is 0.672. The van der Waals surface area contributed by atoms with E-state index in [2.05, 4.69) is 50.7 Å². The van der Waals surface area contributed by atoms with Gasteiger partial charge in [-0.25, -0.2) is 4.98 Å². The molecule has 9 heteroatoms. The van der Waals surface area contributed by atoms with Gasteiger partial charge in [-0.15, -0.1) is 0 Å². The average molecular weight is 481 g/mol. The minimum Gasteiger partial charge on any atom is -0.378 e. The lowest BCUT2D eigenvalue weighted by Crippen LogP contribution is -2.37. The summed E-state index contributed by atoms with van der Waals surface area (Å²) in [4.78, 5) is 12.0. The van der Waals surface area contributed by atoms with Crippen molar-refractivity contribution < 1.29 is 4.74 Å². The second-order valence-corrected chi connectivity index (χ2v) is 9.06. The lowest BCUT2D eigenvalue weighted by molar-refractivity contribution is 0.122. The Morgan fingerprint density at radius 1 is 0.833 bits per heavy atom. The third-order valence-electron chi connectivity index (χ3n) is 6.51. The van der Waals surface area contributed by atoms with Crippen molar-refractivity contribution in [2.75, 3.05) is 36.5 Å². The molecule has 3 aromatic heterocycles. The van der Waals surface area contributed by atoms with Crippen LogP contribution in [0.1, 0.15) is 5.69 Å². The molecule has 0 radical (unpaired) electrons. The summed E-state index contributed by atoms with van der Waals surface area (Å²) in [5.41, 5.74) is 6.95. The van der Waals surface area contributed by atoms with Gasteiger partial charge in [0.1, 0.15) is 5.82 Å². The Morgan fingerprint density at radius 3 is 2.36 bits per heavy atom. The van der Waals surface area contributed by atoms with Gasteiger partial charge in [-0.3, -0.25) is 9.36 Å². The maximum Gasteiger partial charge on any atom is 0.228 e. The van der Waals surface area contributed by atoms with E-state index < -0.39 is 0 Å². The van der Waals surface area contributed by atoms with Gasteiger partial charge < -0.3 is 15.0 Å². The van der Waals surface area contributed by atoms with Gasteiger partial charge in [0.25, 0.3) is 0 Å². The van der Waals surface area contributed by atoms with Crippen molar-refractivity contribution in [2.45, 2.75) is 6.92 Å². The topological polar surface area (TPSA) is 85.9 Å². The zero-order valence-corrected chi connectivity index (χ0v) is 20.6.